The molecule has 5 nitrogen and oxygen atoms in total. The van der Waals surface area contributed by atoms with Crippen molar-refractivity contribution >= 4 is 35.0 Å². The van der Waals surface area contributed by atoms with Gasteiger partial charge in [0.25, 0.3) is 0 Å². The van der Waals surface area contributed by atoms with Gasteiger partial charge in [-0.1, -0.05) is 0 Å². The first kappa shape index (κ1) is 22.6. The van der Waals surface area contributed by atoms with Gasteiger partial charge in [0.15, 0.2) is 0 Å². The number of rotatable bonds is 0. The maximum atomic E-state index is 8.89. The van der Waals surface area contributed by atoms with Crippen molar-refractivity contribution in [3.8, 4) is 0 Å². The van der Waals surface area contributed by atoms with Gasteiger partial charge in [0, 0.05) is 11.9 Å². The van der Waals surface area contributed by atoms with E-state index < -0.39 is 11.9 Å². The van der Waals surface area contributed by atoms with Crippen LogP contribution in [0.2, 0.25) is 0 Å². The summed E-state index contributed by atoms with van der Waals surface area (Å²) in [6, 6.07) is 0. The number of aliphatic carboxylic acids is 2. The predicted octanol–water partition coefficient (Wildman–Crippen LogP) is -2.71. The van der Waals surface area contributed by atoms with Gasteiger partial charge in [-0.3, -0.25) is 0 Å². The fourth-order valence-electron chi connectivity index (χ4n) is 0. The molecule has 0 amide bonds. The van der Waals surface area contributed by atoms with Crippen molar-refractivity contribution in [1.29, 1.82) is 0 Å². The second-order valence-electron chi connectivity index (χ2n) is 0.983. The van der Waals surface area contributed by atoms with Crippen LogP contribution in [0.1, 0.15) is 13.8 Å². The zero-order valence-electron chi connectivity index (χ0n) is 6.05. The molecule has 0 saturated heterocycles. The van der Waals surface area contributed by atoms with Crippen molar-refractivity contribution in [2.45, 2.75) is 13.8 Å². The Kier molecular flexibility index (Phi) is 35.9. The molecule has 6 heteroatoms. The molecule has 0 spiro atoms. The maximum Gasteiger partial charge on any atom is 2.00 e. The largest absolute Gasteiger partial charge is 2.00 e. The molecule has 0 aromatic carbocycles. The first-order valence-electron chi connectivity index (χ1n) is 1.82. The quantitative estimate of drug-likeness (QED) is 0.386. The Labute approximate surface area is 75.2 Å². The molecule has 0 saturated carbocycles. The summed E-state index contributed by atoms with van der Waals surface area (Å²) in [6.07, 6.45) is 0. The topological polar surface area (TPSA) is 115 Å². The molecule has 0 fully saturated rings. The van der Waals surface area contributed by atoms with E-state index in [2.05, 4.69) is 0 Å². The maximum absolute atomic E-state index is 8.89. The standard InChI is InChI=1S/2C2H4O2.Mg.H3N/c2*1-2(3)4;;/h2*1H3,(H,3,4);;1H3/q;;+2;/p-2. The van der Waals surface area contributed by atoms with Gasteiger partial charge in [0.05, 0.1) is 0 Å². The molecule has 0 radical (unpaired) electrons. The molecule has 0 unspecified atom stereocenters. The van der Waals surface area contributed by atoms with Crippen LogP contribution in [-0.4, -0.2) is 35.0 Å². The van der Waals surface area contributed by atoms with Crippen LogP contribution in [0, 0.1) is 0 Å². The Hall–Kier alpha value is -0.334. The molecule has 0 heterocycles. The molecular formula is C4H9MgNO4. The van der Waals surface area contributed by atoms with E-state index in [1.807, 2.05) is 0 Å². The third-order valence-corrected chi connectivity index (χ3v) is 0. The Bertz CT molecular complexity index is 75.3. The molecule has 0 rings (SSSR count). The summed E-state index contributed by atoms with van der Waals surface area (Å²) < 4.78 is 0. The molecule has 3 N–H and O–H groups in total. The van der Waals surface area contributed by atoms with Gasteiger partial charge < -0.3 is 26.0 Å². The van der Waals surface area contributed by atoms with Crippen LogP contribution in [-0.2, 0) is 9.59 Å². The number of carbonyl (C=O) groups excluding carboxylic acids is 2. The summed E-state index contributed by atoms with van der Waals surface area (Å²) in [5.41, 5.74) is 0. The summed E-state index contributed by atoms with van der Waals surface area (Å²) in [5, 5.41) is 17.8. The predicted molar refractivity (Wildman–Crippen MR) is 32.1 cm³/mol. The fourth-order valence-corrected chi connectivity index (χ4v) is 0. The summed E-state index contributed by atoms with van der Waals surface area (Å²) in [4.78, 5) is 17.8. The van der Waals surface area contributed by atoms with Crippen LogP contribution < -0.4 is 16.4 Å². The molecule has 56 valence electrons. The summed E-state index contributed by atoms with van der Waals surface area (Å²) in [6.45, 7) is 1.94. The van der Waals surface area contributed by atoms with Crippen LogP contribution in [0.25, 0.3) is 0 Å². The van der Waals surface area contributed by atoms with Crippen LogP contribution in [0.5, 0.6) is 0 Å². The van der Waals surface area contributed by atoms with E-state index in [0.717, 1.165) is 13.8 Å². The fraction of sp³-hybridized carbons (Fsp3) is 0.500. The number of carboxylic acids is 2. The molecule has 10 heavy (non-hydrogen) atoms. The van der Waals surface area contributed by atoms with E-state index in [0.29, 0.717) is 0 Å². The molecule has 0 aromatic rings. The average Bonchev–Trinajstić information content (AvgIpc) is 1.25. The van der Waals surface area contributed by atoms with Crippen LogP contribution >= 0.6 is 0 Å². The van der Waals surface area contributed by atoms with Crippen molar-refractivity contribution in [3.05, 3.63) is 0 Å². The van der Waals surface area contributed by atoms with E-state index >= 15 is 0 Å². The van der Waals surface area contributed by atoms with Gasteiger partial charge in [-0.15, -0.1) is 0 Å². The van der Waals surface area contributed by atoms with Crippen molar-refractivity contribution in [3.63, 3.8) is 0 Å². The smallest absolute Gasteiger partial charge is 0.550 e. The van der Waals surface area contributed by atoms with Gasteiger partial charge in [0.1, 0.15) is 0 Å². The van der Waals surface area contributed by atoms with E-state index in [9.17, 15) is 0 Å². The summed E-state index contributed by atoms with van der Waals surface area (Å²) in [5.74, 6) is -2.17. The van der Waals surface area contributed by atoms with E-state index in [1.54, 1.807) is 0 Å². The second kappa shape index (κ2) is 15.9. The van der Waals surface area contributed by atoms with Crippen molar-refractivity contribution in [2.75, 3.05) is 0 Å². The van der Waals surface area contributed by atoms with Gasteiger partial charge in [-0.05, 0) is 13.8 Å². The van der Waals surface area contributed by atoms with Crippen LogP contribution in [0.15, 0.2) is 0 Å². The molecule has 0 atom stereocenters. The summed E-state index contributed by atoms with van der Waals surface area (Å²) in [7, 11) is 0. The number of hydrogen-bond acceptors (Lipinski definition) is 5. The monoisotopic (exact) mass is 159 g/mol. The van der Waals surface area contributed by atoms with Gasteiger partial charge in [-0.25, -0.2) is 0 Å². The Morgan fingerprint density at radius 3 is 1.00 bits per heavy atom. The third kappa shape index (κ3) is 3060. The zero-order chi connectivity index (χ0) is 7.15. The first-order chi connectivity index (χ1) is 3.46. The number of carboxylic acid groups (broad SMARTS) is 2. The molecule has 0 aromatic heterocycles. The average molecular weight is 159 g/mol. The third-order valence-electron chi connectivity index (χ3n) is 0. The molecule has 0 aliphatic carbocycles. The zero-order valence-corrected chi connectivity index (χ0v) is 7.46. The number of hydrogen-bond donors (Lipinski definition) is 1. The summed E-state index contributed by atoms with van der Waals surface area (Å²) >= 11 is 0. The van der Waals surface area contributed by atoms with E-state index in [4.69, 9.17) is 19.8 Å². The molecule has 0 bridgehead atoms. The SMILES string of the molecule is CC(=O)[O-].CC(=O)[O-].N.[Mg+2]. The van der Waals surface area contributed by atoms with Crippen LogP contribution in [0.3, 0.4) is 0 Å². The molecule has 0 aliphatic heterocycles. The number of carbonyl (C=O) groups is 2. The second-order valence-corrected chi connectivity index (χ2v) is 0.983. The van der Waals surface area contributed by atoms with Gasteiger partial charge in [0.2, 0.25) is 0 Å². The van der Waals surface area contributed by atoms with Crippen molar-refractivity contribution in [1.82, 2.24) is 6.15 Å². The van der Waals surface area contributed by atoms with Crippen molar-refractivity contribution in [2.24, 2.45) is 0 Å². The van der Waals surface area contributed by atoms with Gasteiger partial charge >= 0.3 is 23.1 Å². The van der Waals surface area contributed by atoms with Gasteiger partial charge in [-0.2, -0.15) is 0 Å². The Morgan fingerprint density at radius 2 is 1.00 bits per heavy atom. The molecular weight excluding hydrogens is 150 g/mol. The van der Waals surface area contributed by atoms with E-state index in [-0.39, 0.29) is 29.2 Å². The van der Waals surface area contributed by atoms with Crippen LogP contribution in [0.4, 0.5) is 0 Å². The first-order valence-corrected chi connectivity index (χ1v) is 1.82. The Morgan fingerprint density at radius 1 is 1.00 bits per heavy atom. The molecule has 0 aliphatic rings. The van der Waals surface area contributed by atoms with E-state index in [1.165, 1.54) is 0 Å². The minimum absolute atomic E-state index is 0. The Balaban J connectivity index is -0.0000000300. The normalized spacial score (nSPS) is 5.00. The minimum atomic E-state index is -1.08. The minimum Gasteiger partial charge on any atom is -0.550 e. The van der Waals surface area contributed by atoms with Crippen molar-refractivity contribution < 1.29 is 19.8 Å².